The number of carbonyl (C=O) groups is 1. The smallest absolute Gasteiger partial charge is 0.267 e. The molecule has 1 aromatic heterocycles. The summed E-state index contributed by atoms with van der Waals surface area (Å²) in [6, 6.07) is 10.8. The molecule has 1 fully saturated rings. The largest absolute Gasteiger partial charge is 0.368 e. The number of benzene rings is 1. The van der Waals surface area contributed by atoms with Gasteiger partial charge >= 0.3 is 0 Å². The van der Waals surface area contributed by atoms with Crippen LogP contribution in [-0.2, 0) is 0 Å². The van der Waals surface area contributed by atoms with E-state index in [1.54, 1.807) is 12.1 Å². The number of hydrogen-bond acceptors (Lipinski definition) is 4. The van der Waals surface area contributed by atoms with Crippen LogP contribution < -0.4 is 16.0 Å². The summed E-state index contributed by atoms with van der Waals surface area (Å²) < 4.78 is 0. The molecule has 2 aromatic rings. The highest BCUT2D eigenvalue weighted by Gasteiger charge is 2.19. The van der Waals surface area contributed by atoms with Gasteiger partial charge in [-0.25, -0.2) is 4.98 Å². The lowest BCUT2D eigenvalue weighted by molar-refractivity contribution is 0.0996. The number of amides is 1. The quantitative estimate of drug-likeness (QED) is 0.851. The number of primary amides is 1. The SMILES string of the molecule is C[C@H]1CN(c2cc(C(N)=O)nc3cc[c]cc23)CCN1. The molecule has 1 saturated heterocycles. The zero-order chi connectivity index (χ0) is 14.1. The van der Waals surface area contributed by atoms with Crippen molar-refractivity contribution in [2.75, 3.05) is 24.5 Å². The topological polar surface area (TPSA) is 71.2 Å². The number of aromatic nitrogens is 1. The first-order chi connectivity index (χ1) is 9.65. The Hall–Kier alpha value is -2.14. The zero-order valence-electron chi connectivity index (χ0n) is 11.4. The average molecular weight is 269 g/mol. The molecule has 0 spiro atoms. The van der Waals surface area contributed by atoms with Gasteiger partial charge in [0.25, 0.3) is 5.91 Å². The van der Waals surface area contributed by atoms with Gasteiger partial charge in [0.05, 0.1) is 5.52 Å². The summed E-state index contributed by atoms with van der Waals surface area (Å²) in [5.41, 5.74) is 7.49. The van der Waals surface area contributed by atoms with Crippen LogP contribution in [0.1, 0.15) is 17.4 Å². The Bertz CT molecular complexity index is 655. The lowest BCUT2D eigenvalue weighted by atomic mass is 10.1. The number of nitrogens with zero attached hydrogens (tertiary/aromatic N) is 2. The Kier molecular flexibility index (Phi) is 3.28. The van der Waals surface area contributed by atoms with E-state index in [9.17, 15) is 4.79 Å². The number of carbonyl (C=O) groups excluding carboxylic acids is 1. The summed E-state index contributed by atoms with van der Waals surface area (Å²) in [4.78, 5) is 18.0. The summed E-state index contributed by atoms with van der Waals surface area (Å²) in [5, 5.41) is 4.42. The van der Waals surface area contributed by atoms with Crippen LogP contribution in [-0.4, -0.2) is 36.6 Å². The van der Waals surface area contributed by atoms with Crippen LogP contribution >= 0.6 is 0 Å². The first kappa shape index (κ1) is 12.9. The fourth-order valence-corrected chi connectivity index (χ4v) is 2.63. The highest BCUT2D eigenvalue weighted by molar-refractivity contribution is 5.99. The standard InChI is InChI=1S/C15H17N4O/c1-10-9-19(7-6-17-10)14-8-13(15(16)20)18-12-5-3-2-4-11(12)14/h3-5,8,10,17H,6-7,9H2,1H3,(H2,16,20)/t10-/m0/s1. The average Bonchev–Trinajstić information content (AvgIpc) is 2.46. The minimum absolute atomic E-state index is 0.310. The molecule has 0 saturated carbocycles. The predicted octanol–water partition coefficient (Wildman–Crippen LogP) is 0.932. The van der Waals surface area contributed by atoms with E-state index in [0.29, 0.717) is 11.7 Å². The number of hydrogen-bond donors (Lipinski definition) is 2. The van der Waals surface area contributed by atoms with Crippen molar-refractivity contribution in [1.29, 1.82) is 0 Å². The first-order valence-electron chi connectivity index (χ1n) is 6.74. The van der Waals surface area contributed by atoms with E-state index in [1.165, 1.54) is 0 Å². The summed E-state index contributed by atoms with van der Waals surface area (Å²) >= 11 is 0. The molecule has 1 aromatic carbocycles. The van der Waals surface area contributed by atoms with Crippen LogP contribution in [0, 0.1) is 6.07 Å². The van der Waals surface area contributed by atoms with E-state index in [2.05, 4.69) is 28.2 Å². The normalized spacial score (nSPS) is 19.2. The lowest BCUT2D eigenvalue weighted by Crippen LogP contribution is -2.49. The molecule has 103 valence electrons. The van der Waals surface area contributed by atoms with Crippen molar-refractivity contribution < 1.29 is 4.79 Å². The highest BCUT2D eigenvalue weighted by Crippen LogP contribution is 2.27. The molecule has 2 heterocycles. The van der Waals surface area contributed by atoms with Gasteiger partial charge in [-0.1, -0.05) is 6.07 Å². The Morgan fingerprint density at radius 1 is 1.60 bits per heavy atom. The molecule has 1 aliphatic heterocycles. The molecule has 1 radical (unpaired) electrons. The van der Waals surface area contributed by atoms with E-state index in [1.807, 2.05) is 12.1 Å². The molecule has 1 aliphatic rings. The number of fused-ring (bicyclic) bond motifs is 1. The molecule has 1 atom stereocenters. The maximum atomic E-state index is 11.5. The fraction of sp³-hybridized carbons (Fsp3) is 0.333. The van der Waals surface area contributed by atoms with Crippen molar-refractivity contribution >= 4 is 22.5 Å². The van der Waals surface area contributed by atoms with Crippen molar-refractivity contribution in [3.05, 3.63) is 36.0 Å². The van der Waals surface area contributed by atoms with Crippen LogP contribution in [0.15, 0.2) is 24.3 Å². The monoisotopic (exact) mass is 269 g/mol. The van der Waals surface area contributed by atoms with E-state index >= 15 is 0 Å². The number of nitrogens with one attached hydrogen (secondary N) is 1. The number of anilines is 1. The van der Waals surface area contributed by atoms with Crippen LogP contribution in [0.2, 0.25) is 0 Å². The van der Waals surface area contributed by atoms with Gasteiger partial charge in [0.2, 0.25) is 0 Å². The molecule has 1 amide bonds. The number of rotatable bonds is 2. The van der Waals surface area contributed by atoms with Gasteiger partial charge in [-0.05, 0) is 31.2 Å². The molecule has 3 rings (SSSR count). The highest BCUT2D eigenvalue weighted by atomic mass is 16.1. The van der Waals surface area contributed by atoms with Crippen molar-refractivity contribution in [2.45, 2.75) is 13.0 Å². The van der Waals surface area contributed by atoms with Crippen molar-refractivity contribution in [3.63, 3.8) is 0 Å². The molecule has 20 heavy (non-hydrogen) atoms. The molecule has 5 heteroatoms. The van der Waals surface area contributed by atoms with Gasteiger partial charge in [0.15, 0.2) is 0 Å². The van der Waals surface area contributed by atoms with Crippen LogP contribution in [0.4, 0.5) is 5.69 Å². The van der Waals surface area contributed by atoms with Crippen molar-refractivity contribution in [1.82, 2.24) is 10.3 Å². The van der Waals surface area contributed by atoms with Crippen LogP contribution in [0.25, 0.3) is 10.9 Å². The predicted molar refractivity (Wildman–Crippen MR) is 78.8 cm³/mol. The number of pyridine rings is 1. The van der Waals surface area contributed by atoms with E-state index in [-0.39, 0.29) is 0 Å². The fourth-order valence-electron chi connectivity index (χ4n) is 2.63. The van der Waals surface area contributed by atoms with E-state index in [0.717, 1.165) is 36.2 Å². The van der Waals surface area contributed by atoms with Crippen molar-refractivity contribution in [2.24, 2.45) is 5.73 Å². The van der Waals surface area contributed by atoms with Crippen LogP contribution in [0.5, 0.6) is 0 Å². The summed E-state index contributed by atoms with van der Waals surface area (Å²) in [5.74, 6) is -0.496. The van der Waals surface area contributed by atoms with E-state index in [4.69, 9.17) is 5.73 Å². The third-order valence-electron chi connectivity index (χ3n) is 3.59. The van der Waals surface area contributed by atoms with E-state index < -0.39 is 5.91 Å². The van der Waals surface area contributed by atoms with Gasteiger partial charge in [0.1, 0.15) is 5.69 Å². The van der Waals surface area contributed by atoms with Gasteiger partial charge in [-0.3, -0.25) is 4.79 Å². The molecular formula is C15H17N4O. The Labute approximate surface area is 117 Å². The Morgan fingerprint density at radius 2 is 2.45 bits per heavy atom. The van der Waals surface area contributed by atoms with Gasteiger partial charge < -0.3 is 16.0 Å². The third kappa shape index (κ3) is 2.32. The maximum Gasteiger partial charge on any atom is 0.267 e. The summed E-state index contributed by atoms with van der Waals surface area (Å²) in [7, 11) is 0. The van der Waals surface area contributed by atoms with Crippen LogP contribution in [0.3, 0.4) is 0 Å². The Balaban J connectivity index is 2.14. The zero-order valence-corrected chi connectivity index (χ0v) is 11.4. The van der Waals surface area contributed by atoms with Gasteiger partial charge in [-0.15, -0.1) is 0 Å². The second-order valence-electron chi connectivity index (χ2n) is 5.14. The minimum Gasteiger partial charge on any atom is -0.368 e. The summed E-state index contributed by atoms with van der Waals surface area (Å²) in [6.45, 7) is 4.87. The molecular weight excluding hydrogens is 252 g/mol. The molecule has 3 N–H and O–H groups in total. The molecule has 0 bridgehead atoms. The van der Waals surface area contributed by atoms with Crippen molar-refractivity contribution in [3.8, 4) is 0 Å². The second kappa shape index (κ2) is 5.09. The third-order valence-corrected chi connectivity index (χ3v) is 3.59. The Morgan fingerprint density at radius 3 is 3.20 bits per heavy atom. The second-order valence-corrected chi connectivity index (χ2v) is 5.14. The number of nitrogens with two attached hydrogens (primary N) is 1. The summed E-state index contributed by atoms with van der Waals surface area (Å²) in [6.07, 6.45) is 0. The molecule has 0 unspecified atom stereocenters. The van der Waals surface area contributed by atoms with Gasteiger partial charge in [0, 0.05) is 36.7 Å². The minimum atomic E-state index is -0.496. The first-order valence-corrected chi connectivity index (χ1v) is 6.74. The van der Waals surface area contributed by atoms with Gasteiger partial charge in [-0.2, -0.15) is 0 Å². The maximum absolute atomic E-state index is 11.5. The molecule has 5 nitrogen and oxygen atoms in total. The number of piperazine rings is 1. The molecule has 0 aliphatic carbocycles. The lowest BCUT2D eigenvalue weighted by Gasteiger charge is -2.34.